The van der Waals surface area contributed by atoms with Crippen molar-refractivity contribution in [3.05, 3.63) is 23.5 Å². The van der Waals surface area contributed by atoms with Crippen LogP contribution in [0.5, 0.6) is 0 Å². The normalized spacial score (nSPS) is 48.4. The Bertz CT molecular complexity index is 770. The lowest BCUT2D eigenvalue weighted by atomic mass is 9.66. The van der Waals surface area contributed by atoms with E-state index >= 15 is 0 Å². The number of aliphatic hydroxyl groups is 2. The van der Waals surface area contributed by atoms with Crippen molar-refractivity contribution in [3.63, 3.8) is 0 Å². The lowest BCUT2D eigenvalue weighted by Gasteiger charge is -2.38. The third kappa shape index (κ3) is 2.19. The van der Waals surface area contributed by atoms with E-state index in [1.807, 2.05) is 13.8 Å². The second-order valence-electron chi connectivity index (χ2n) is 8.52. The van der Waals surface area contributed by atoms with Crippen molar-refractivity contribution >= 4 is 11.8 Å². The summed E-state index contributed by atoms with van der Waals surface area (Å²) in [6.07, 6.45) is 2.51. The molecule has 7 heteroatoms. The first-order valence-corrected chi connectivity index (χ1v) is 9.49. The minimum Gasteiger partial charge on any atom is -0.479 e. The number of rotatable bonds is 3. The Morgan fingerprint density at radius 1 is 1.33 bits per heavy atom. The molecular weight excluding hydrogens is 352 g/mol. The molecule has 0 radical (unpaired) electrons. The van der Waals surface area contributed by atoms with Gasteiger partial charge in [-0.1, -0.05) is 13.8 Å². The van der Waals surface area contributed by atoms with E-state index in [1.165, 1.54) is 6.08 Å². The van der Waals surface area contributed by atoms with Crippen molar-refractivity contribution in [3.8, 4) is 0 Å². The number of esters is 1. The van der Waals surface area contributed by atoms with E-state index in [4.69, 9.17) is 14.2 Å². The molecule has 0 spiro atoms. The molecule has 0 saturated carbocycles. The number of carbonyl (C=O) groups excluding carboxylic acids is 2. The third-order valence-electron chi connectivity index (χ3n) is 7.01. The van der Waals surface area contributed by atoms with Gasteiger partial charge in [-0.25, -0.2) is 0 Å². The summed E-state index contributed by atoms with van der Waals surface area (Å²) in [5.74, 6) is -2.94. The molecule has 4 heterocycles. The van der Waals surface area contributed by atoms with Crippen LogP contribution in [0.4, 0.5) is 0 Å². The quantitative estimate of drug-likeness (QED) is 0.712. The summed E-state index contributed by atoms with van der Waals surface area (Å²) in [5.41, 5.74) is -2.04. The molecule has 0 aromatic carbocycles. The molecular formula is C20H26O7. The summed E-state index contributed by atoms with van der Waals surface area (Å²) in [4.78, 5) is 25.5. The fourth-order valence-electron chi connectivity index (χ4n) is 5.08. The van der Waals surface area contributed by atoms with E-state index in [0.717, 1.165) is 0 Å². The van der Waals surface area contributed by atoms with Crippen molar-refractivity contribution in [2.45, 2.75) is 64.1 Å². The first kappa shape index (κ1) is 18.7. The highest BCUT2D eigenvalue weighted by atomic mass is 16.7. The van der Waals surface area contributed by atoms with Crippen LogP contribution in [0.1, 0.15) is 40.5 Å². The van der Waals surface area contributed by atoms with Crippen LogP contribution < -0.4 is 0 Å². The predicted molar refractivity (Wildman–Crippen MR) is 93.1 cm³/mol. The molecule has 4 rings (SSSR count). The van der Waals surface area contributed by atoms with Crippen LogP contribution in [-0.4, -0.2) is 52.2 Å². The zero-order chi connectivity index (χ0) is 19.8. The van der Waals surface area contributed by atoms with Gasteiger partial charge in [0.15, 0.2) is 11.4 Å². The van der Waals surface area contributed by atoms with Crippen molar-refractivity contribution in [2.24, 2.45) is 17.3 Å². The maximum Gasteiger partial charge on any atom is 0.318 e. The molecule has 0 aromatic rings. The molecule has 0 aromatic heterocycles. The Morgan fingerprint density at radius 2 is 2.04 bits per heavy atom. The van der Waals surface area contributed by atoms with Crippen molar-refractivity contribution in [2.75, 3.05) is 6.61 Å². The first-order valence-electron chi connectivity index (χ1n) is 9.49. The van der Waals surface area contributed by atoms with Crippen LogP contribution in [0.3, 0.4) is 0 Å². The smallest absolute Gasteiger partial charge is 0.318 e. The van der Waals surface area contributed by atoms with Gasteiger partial charge in [-0.15, -0.1) is 0 Å². The summed E-state index contributed by atoms with van der Waals surface area (Å²) < 4.78 is 17.7. The Kier molecular flexibility index (Phi) is 3.91. The predicted octanol–water partition coefficient (Wildman–Crippen LogP) is 1.23. The summed E-state index contributed by atoms with van der Waals surface area (Å²) in [6, 6.07) is 0. The average molecular weight is 378 g/mol. The van der Waals surface area contributed by atoms with Gasteiger partial charge in [-0.05, 0) is 26.3 Å². The molecule has 7 atom stereocenters. The lowest BCUT2D eigenvalue weighted by Crippen LogP contribution is -2.53. The van der Waals surface area contributed by atoms with Gasteiger partial charge in [0, 0.05) is 29.9 Å². The van der Waals surface area contributed by atoms with Gasteiger partial charge in [0.1, 0.15) is 17.3 Å². The van der Waals surface area contributed by atoms with E-state index in [1.54, 1.807) is 19.9 Å². The molecule has 148 valence electrons. The molecule has 4 aliphatic rings. The largest absolute Gasteiger partial charge is 0.479 e. The van der Waals surface area contributed by atoms with Crippen LogP contribution in [0.2, 0.25) is 0 Å². The Labute approximate surface area is 158 Å². The Morgan fingerprint density at radius 3 is 2.67 bits per heavy atom. The van der Waals surface area contributed by atoms with Crippen LogP contribution in [-0.2, 0) is 23.8 Å². The highest BCUT2D eigenvalue weighted by molar-refractivity contribution is 6.00. The van der Waals surface area contributed by atoms with E-state index in [-0.39, 0.29) is 24.7 Å². The number of carbonyl (C=O) groups is 2. The van der Waals surface area contributed by atoms with Gasteiger partial charge in [0.25, 0.3) is 0 Å². The minimum absolute atomic E-state index is 0.185. The van der Waals surface area contributed by atoms with E-state index in [0.29, 0.717) is 17.8 Å². The van der Waals surface area contributed by atoms with Gasteiger partial charge in [-0.3, -0.25) is 9.59 Å². The number of aliphatic hydroxyl groups excluding tert-OH is 1. The van der Waals surface area contributed by atoms with Crippen molar-refractivity contribution in [1.82, 2.24) is 0 Å². The SMILES string of the molecule is CC[C@@H](C)[C@@]1(O)OC2C[C@@]3(C)OC(=CC3=O)/C(CO)=C\[C@H]3OC(=O)[C@@]1(C)C23. The van der Waals surface area contributed by atoms with Crippen LogP contribution in [0, 0.1) is 17.3 Å². The Hall–Kier alpha value is -1.70. The van der Waals surface area contributed by atoms with Crippen LogP contribution in [0.15, 0.2) is 23.5 Å². The van der Waals surface area contributed by atoms with Gasteiger partial charge in [0.05, 0.1) is 12.7 Å². The van der Waals surface area contributed by atoms with E-state index < -0.39 is 40.9 Å². The lowest BCUT2D eigenvalue weighted by molar-refractivity contribution is -0.267. The number of hydrogen-bond acceptors (Lipinski definition) is 7. The van der Waals surface area contributed by atoms with Gasteiger partial charge < -0.3 is 24.4 Å². The minimum atomic E-state index is -1.70. The Balaban J connectivity index is 1.88. The van der Waals surface area contributed by atoms with Crippen LogP contribution >= 0.6 is 0 Å². The maximum atomic E-state index is 12.9. The molecule has 2 fully saturated rings. The molecule has 2 bridgehead atoms. The molecule has 4 aliphatic heterocycles. The number of ether oxygens (including phenoxy) is 3. The summed E-state index contributed by atoms with van der Waals surface area (Å²) in [7, 11) is 0. The molecule has 0 amide bonds. The van der Waals surface area contributed by atoms with Crippen molar-refractivity contribution in [1.29, 1.82) is 0 Å². The molecule has 2 N–H and O–H groups in total. The molecule has 2 unspecified atom stereocenters. The van der Waals surface area contributed by atoms with Crippen molar-refractivity contribution < 1.29 is 34.0 Å². The highest BCUT2D eigenvalue weighted by Crippen LogP contribution is 2.61. The maximum absolute atomic E-state index is 12.9. The van der Waals surface area contributed by atoms with Gasteiger partial charge in [0.2, 0.25) is 5.78 Å². The number of ketones is 1. The monoisotopic (exact) mass is 378 g/mol. The zero-order valence-electron chi connectivity index (χ0n) is 16.0. The number of fused-ring (bicyclic) bond motifs is 2. The summed E-state index contributed by atoms with van der Waals surface area (Å²) >= 11 is 0. The summed E-state index contributed by atoms with van der Waals surface area (Å²) in [6.45, 7) is 6.76. The molecule has 2 saturated heterocycles. The van der Waals surface area contributed by atoms with E-state index in [2.05, 4.69) is 0 Å². The zero-order valence-corrected chi connectivity index (χ0v) is 16.0. The molecule has 7 nitrogen and oxygen atoms in total. The molecule has 27 heavy (non-hydrogen) atoms. The topological polar surface area (TPSA) is 102 Å². The second-order valence-corrected chi connectivity index (χ2v) is 8.52. The molecule has 0 aliphatic carbocycles. The first-order chi connectivity index (χ1) is 12.6. The highest BCUT2D eigenvalue weighted by Gasteiger charge is 2.75. The summed E-state index contributed by atoms with van der Waals surface area (Å²) in [5, 5.41) is 21.3. The fraction of sp³-hybridized carbons (Fsp3) is 0.700. The van der Waals surface area contributed by atoms with Gasteiger partial charge >= 0.3 is 5.97 Å². The number of hydrogen-bond donors (Lipinski definition) is 2. The van der Waals surface area contributed by atoms with Gasteiger partial charge in [-0.2, -0.15) is 0 Å². The fourth-order valence-corrected chi connectivity index (χ4v) is 5.08. The average Bonchev–Trinajstić information content (AvgIpc) is 3.14. The third-order valence-corrected chi connectivity index (χ3v) is 7.01. The second kappa shape index (κ2) is 5.65. The van der Waals surface area contributed by atoms with E-state index in [9.17, 15) is 19.8 Å². The van der Waals surface area contributed by atoms with Crippen LogP contribution in [0.25, 0.3) is 0 Å². The standard InChI is InChI=1S/C20H26O7/c1-5-10(2)20(24)19(4)16-13(25-17(19)23)6-11(9-21)12-7-15(22)18(3,26-12)8-14(16)27-20/h6-7,10,13-14,16,21,24H,5,8-9H2,1-4H3/b11-6-/t10-,13-,14?,16?,18-,19-,20-/m1/s1.